The third-order valence-electron chi connectivity index (χ3n) is 2.76. The van der Waals surface area contributed by atoms with Gasteiger partial charge in [-0.3, -0.25) is 0 Å². The number of aromatic nitrogens is 3. The van der Waals surface area contributed by atoms with E-state index in [9.17, 15) is 4.39 Å². The Morgan fingerprint density at radius 1 is 1.19 bits per heavy atom. The molecule has 0 aliphatic carbocycles. The molecule has 0 radical (unpaired) electrons. The molecular weight excluding hydrogens is 309 g/mol. The number of hydrogen-bond donors (Lipinski definition) is 0. The Hall–Kier alpha value is -1.73. The molecule has 0 spiro atoms. The van der Waals surface area contributed by atoms with Gasteiger partial charge in [0.1, 0.15) is 10.8 Å². The molecule has 0 atom stereocenters. The molecule has 0 bridgehead atoms. The first-order valence-electron chi connectivity index (χ1n) is 6.32. The summed E-state index contributed by atoms with van der Waals surface area (Å²) in [7, 11) is 0. The third kappa shape index (κ3) is 2.84. The summed E-state index contributed by atoms with van der Waals surface area (Å²) in [5.41, 5.74) is 1.51. The monoisotopic (exact) mass is 321 g/mol. The topological polar surface area (TPSA) is 47.9 Å². The first-order valence-corrected chi connectivity index (χ1v) is 8.36. The summed E-state index contributed by atoms with van der Waals surface area (Å²) < 4.78 is 18.6. The fourth-order valence-electron chi connectivity index (χ4n) is 1.82. The Bertz CT molecular complexity index is 774. The zero-order chi connectivity index (χ0) is 14.8. The van der Waals surface area contributed by atoms with Crippen molar-refractivity contribution in [1.29, 1.82) is 0 Å². The number of fused-ring (bicyclic) bond motifs is 1. The largest absolute Gasteiger partial charge is 0.476 e. The number of benzene rings is 1. The van der Waals surface area contributed by atoms with E-state index in [1.165, 1.54) is 35.2 Å². The van der Waals surface area contributed by atoms with Gasteiger partial charge in [-0.1, -0.05) is 23.1 Å². The van der Waals surface area contributed by atoms with E-state index in [1.54, 1.807) is 12.1 Å². The van der Waals surface area contributed by atoms with Crippen LogP contribution in [0, 0.1) is 5.82 Å². The number of hydrogen-bond acceptors (Lipinski definition) is 6. The Morgan fingerprint density at radius 2 is 1.95 bits per heavy atom. The highest BCUT2D eigenvalue weighted by molar-refractivity contribution is 7.98. The quantitative estimate of drug-likeness (QED) is 0.537. The van der Waals surface area contributed by atoms with E-state index in [-0.39, 0.29) is 5.82 Å². The Balaban J connectivity index is 2.14. The second-order valence-corrected chi connectivity index (χ2v) is 5.88. The van der Waals surface area contributed by atoms with Gasteiger partial charge in [0.05, 0.1) is 6.61 Å². The molecule has 7 heteroatoms. The number of rotatable bonds is 4. The van der Waals surface area contributed by atoms with E-state index in [2.05, 4.69) is 15.0 Å². The summed E-state index contributed by atoms with van der Waals surface area (Å²) in [5.74, 6) is 0.232. The van der Waals surface area contributed by atoms with E-state index >= 15 is 0 Å². The van der Waals surface area contributed by atoms with Crippen LogP contribution in [0.5, 0.6) is 5.88 Å². The summed E-state index contributed by atoms with van der Waals surface area (Å²) >= 11 is 2.91. The van der Waals surface area contributed by atoms with Crippen LogP contribution in [0.1, 0.15) is 6.92 Å². The Kier molecular flexibility index (Phi) is 4.03. The molecule has 0 saturated carbocycles. The molecule has 0 fully saturated rings. The third-order valence-corrected chi connectivity index (χ3v) is 4.31. The van der Waals surface area contributed by atoms with Gasteiger partial charge in [0.25, 0.3) is 0 Å². The molecule has 0 N–H and O–H groups in total. The fraction of sp³-hybridized carbons (Fsp3) is 0.214. The van der Waals surface area contributed by atoms with Gasteiger partial charge in [-0.25, -0.2) is 14.4 Å². The molecule has 108 valence electrons. The lowest BCUT2D eigenvalue weighted by Gasteiger charge is -2.03. The van der Waals surface area contributed by atoms with E-state index < -0.39 is 0 Å². The van der Waals surface area contributed by atoms with E-state index in [0.29, 0.717) is 23.2 Å². The second kappa shape index (κ2) is 5.95. The lowest BCUT2D eigenvalue weighted by atomic mass is 10.2. The van der Waals surface area contributed by atoms with Crippen LogP contribution in [-0.2, 0) is 0 Å². The zero-order valence-corrected chi connectivity index (χ0v) is 13.1. The number of halogens is 1. The van der Waals surface area contributed by atoms with Gasteiger partial charge in [-0.15, -0.1) is 0 Å². The summed E-state index contributed by atoms with van der Waals surface area (Å²) in [6, 6.07) is 6.25. The van der Waals surface area contributed by atoms with Crippen LogP contribution in [0.4, 0.5) is 4.39 Å². The first kappa shape index (κ1) is 14.2. The van der Waals surface area contributed by atoms with Crippen molar-refractivity contribution in [2.75, 3.05) is 12.9 Å². The lowest BCUT2D eigenvalue weighted by molar-refractivity contribution is 0.327. The SMILES string of the molecule is CCOc1nc(SC)nc2sc(-c3ccc(F)cc3)nc12. The van der Waals surface area contributed by atoms with E-state index in [4.69, 9.17) is 4.74 Å². The Morgan fingerprint density at radius 3 is 2.62 bits per heavy atom. The molecular formula is C14H12FN3OS2. The van der Waals surface area contributed by atoms with Crippen molar-refractivity contribution < 1.29 is 9.13 Å². The van der Waals surface area contributed by atoms with Gasteiger partial charge in [0.2, 0.25) is 5.88 Å². The van der Waals surface area contributed by atoms with Crippen molar-refractivity contribution in [2.45, 2.75) is 12.1 Å². The molecule has 0 aliphatic rings. The van der Waals surface area contributed by atoms with Crippen LogP contribution in [0.2, 0.25) is 0 Å². The summed E-state index contributed by atoms with van der Waals surface area (Å²) in [6.07, 6.45) is 1.92. The van der Waals surface area contributed by atoms with Crippen molar-refractivity contribution in [3.63, 3.8) is 0 Å². The average Bonchev–Trinajstić information content (AvgIpc) is 2.92. The summed E-state index contributed by atoms with van der Waals surface area (Å²) in [4.78, 5) is 14.1. The minimum Gasteiger partial charge on any atom is -0.476 e. The minimum absolute atomic E-state index is 0.265. The first-order chi connectivity index (χ1) is 10.2. The van der Waals surface area contributed by atoms with Crippen LogP contribution in [-0.4, -0.2) is 27.8 Å². The van der Waals surface area contributed by atoms with Gasteiger partial charge < -0.3 is 4.74 Å². The minimum atomic E-state index is -0.265. The highest BCUT2D eigenvalue weighted by Gasteiger charge is 2.15. The van der Waals surface area contributed by atoms with Gasteiger partial charge in [-0.05, 0) is 37.4 Å². The van der Waals surface area contributed by atoms with Crippen molar-refractivity contribution in [3.8, 4) is 16.5 Å². The summed E-state index contributed by atoms with van der Waals surface area (Å²) in [5, 5.41) is 1.43. The molecule has 21 heavy (non-hydrogen) atoms. The van der Waals surface area contributed by atoms with E-state index in [1.807, 2.05) is 13.2 Å². The molecule has 3 rings (SSSR count). The van der Waals surface area contributed by atoms with Crippen molar-refractivity contribution in [2.24, 2.45) is 0 Å². The fourth-order valence-corrected chi connectivity index (χ4v) is 3.17. The average molecular weight is 321 g/mol. The number of ether oxygens (including phenoxy) is 1. The van der Waals surface area contributed by atoms with E-state index in [0.717, 1.165) is 15.4 Å². The molecule has 0 saturated heterocycles. The molecule has 2 heterocycles. The van der Waals surface area contributed by atoms with Gasteiger partial charge in [0.15, 0.2) is 15.5 Å². The van der Waals surface area contributed by atoms with Crippen molar-refractivity contribution >= 4 is 33.4 Å². The maximum absolute atomic E-state index is 13.0. The van der Waals surface area contributed by atoms with Crippen molar-refractivity contribution in [3.05, 3.63) is 30.1 Å². The van der Waals surface area contributed by atoms with Gasteiger partial charge >= 0.3 is 0 Å². The predicted molar refractivity (Wildman–Crippen MR) is 83.6 cm³/mol. The maximum atomic E-state index is 13.0. The molecule has 3 aromatic rings. The number of thiazole rings is 1. The standard InChI is InChI=1S/C14H12FN3OS2/c1-3-19-11-10-13(18-14(17-11)20-2)21-12(16-10)8-4-6-9(15)7-5-8/h4-7H,3H2,1-2H3. The summed E-state index contributed by atoms with van der Waals surface area (Å²) in [6.45, 7) is 2.42. The lowest BCUT2D eigenvalue weighted by Crippen LogP contribution is -1.97. The normalized spacial score (nSPS) is 11.0. The molecule has 0 amide bonds. The highest BCUT2D eigenvalue weighted by atomic mass is 32.2. The Labute approximate surface area is 129 Å². The molecule has 4 nitrogen and oxygen atoms in total. The maximum Gasteiger partial charge on any atom is 0.245 e. The van der Waals surface area contributed by atoms with Crippen LogP contribution in [0.25, 0.3) is 20.9 Å². The van der Waals surface area contributed by atoms with Crippen LogP contribution in [0.3, 0.4) is 0 Å². The molecule has 1 aromatic carbocycles. The smallest absolute Gasteiger partial charge is 0.245 e. The van der Waals surface area contributed by atoms with Crippen LogP contribution >= 0.6 is 23.1 Å². The van der Waals surface area contributed by atoms with Gasteiger partial charge in [0, 0.05) is 5.56 Å². The molecule has 2 aromatic heterocycles. The van der Waals surface area contributed by atoms with Crippen LogP contribution in [0.15, 0.2) is 29.4 Å². The van der Waals surface area contributed by atoms with Crippen LogP contribution < -0.4 is 4.74 Å². The second-order valence-electron chi connectivity index (χ2n) is 4.13. The van der Waals surface area contributed by atoms with Crippen molar-refractivity contribution in [1.82, 2.24) is 15.0 Å². The zero-order valence-electron chi connectivity index (χ0n) is 11.5. The predicted octanol–water partition coefficient (Wildman–Crippen LogP) is 4.01. The number of thioether (sulfide) groups is 1. The molecule has 0 unspecified atom stereocenters. The van der Waals surface area contributed by atoms with Gasteiger partial charge in [-0.2, -0.15) is 4.98 Å². The number of nitrogens with zero attached hydrogens (tertiary/aromatic N) is 3. The molecule has 0 aliphatic heterocycles. The highest BCUT2D eigenvalue weighted by Crippen LogP contribution is 2.34.